The third-order valence-corrected chi connectivity index (χ3v) is 7.03. The van der Waals surface area contributed by atoms with Crippen LogP contribution < -0.4 is 10.2 Å². The van der Waals surface area contributed by atoms with E-state index in [9.17, 15) is 18.0 Å². The number of methoxy groups -OCH3 is 1. The number of esters is 1. The van der Waals surface area contributed by atoms with Gasteiger partial charge in [-0.15, -0.1) is 11.8 Å². The normalized spacial score (nSPS) is 20.6. The number of anilines is 1. The molecule has 1 aromatic rings. The molecule has 1 amide bonds. The number of quaternary nitrogens is 1. The number of ether oxygens (including phenoxy) is 1. The number of sulfonamides is 1. The van der Waals surface area contributed by atoms with E-state index in [0.717, 1.165) is 21.5 Å². The average Bonchev–Trinajstić information content (AvgIpc) is 2.61. The van der Waals surface area contributed by atoms with E-state index < -0.39 is 10.0 Å². The summed E-state index contributed by atoms with van der Waals surface area (Å²) in [6, 6.07) is 6.15. The highest BCUT2D eigenvalue weighted by Crippen LogP contribution is 2.18. The van der Waals surface area contributed by atoms with Crippen molar-refractivity contribution in [3.8, 4) is 0 Å². The number of nitrogens with one attached hydrogen (secondary N) is 2. The number of hydrogen-bond acceptors (Lipinski definition) is 6. The second-order valence-corrected chi connectivity index (χ2v) is 9.59. The summed E-state index contributed by atoms with van der Waals surface area (Å²) in [4.78, 5) is 25.1. The van der Waals surface area contributed by atoms with Crippen molar-refractivity contribution in [3.63, 3.8) is 0 Å². The van der Waals surface area contributed by atoms with Crippen LogP contribution >= 0.6 is 11.8 Å². The molecule has 1 aromatic carbocycles. The molecule has 1 fully saturated rings. The smallest absolute Gasteiger partial charge is 0.324 e. The van der Waals surface area contributed by atoms with Crippen molar-refractivity contribution in [2.24, 2.45) is 0 Å². The standard InChI is InChI=1S/C16H23N3O5S2/c1-18(2)26(22,23)13-6-4-5-12(9-13)17-15(20)11-19-7-8-25-14(10-19)16(21)24-3/h4-6,9,14H,7-8,10-11H2,1-3H3,(H,17,20)/p+1/t14-/m0/s1. The first-order valence-corrected chi connectivity index (χ1v) is 10.6. The Morgan fingerprint density at radius 2 is 2.12 bits per heavy atom. The molecule has 0 aromatic heterocycles. The molecule has 0 aliphatic carbocycles. The quantitative estimate of drug-likeness (QED) is 0.596. The zero-order chi connectivity index (χ0) is 19.3. The second-order valence-electron chi connectivity index (χ2n) is 6.13. The topological polar surface area (TPSA) is 97.2 Å². The molecule has 1 unspecified atom stereocenters. The molecule has 0 spiro atoms. The van der Waals surface area contributed by atoms with E-state index in [4.69, 9.17) is 4.74 Å². The van der Waals surface area contributed by atoms with Gasteiger partial charge in [-0.2, -0.15) is 0 Å². The summed E-state index contributed by atoms with van der Waals surface area (Å²) in [5, 5.41) is 2.47. The predicted molar refractivity (Wildman–Crippen MR) is 99.8 cm³/mol. The fraction of sp³-hybridized carbons (Fsp3) is 0.500. The van der Waals surface area contributed by atoms with Crippen molar-refractivity contribution in [2.45, 2.75) is 10.1 Å². The van der Waals surface area contributed by atoms with Gasteiger partial charge in [-0.3, -0.25) is 9.59 Å². The molecule has 0 saturated carbocycles. The second kappa shape index (κ2) is 8.85. The maximum absolute atomic E-state index is 12.3. The van der Waals surface area contributed by atoms with Gasteiger partial charge < -0.3 is 15.0 Å². The molecule has 1 heterocycles. The van der Waals surface area contributed by atoms with Crippen molar-refractivity contribution >= 4 is 39.3 Å². The van der Waals surface area contributed by atoms with E-state index in [1.807, 2.05) is 0 Å². The Labute approximate surface area is 157 Å². The number of carbonyl (C=O) groups is 2. The van der Waals surface area contributed by atoms with Crippen molar-refractivity contribution < 1.29 is 27.6 Å². The summed E-state index contributed by atoms with van der Waals surface area (Å²) in [6.45, 7) is 1.51. The van der Waals surface area contributed by atoms with E-state index >= 15 is 0 Å². The number of nitrogens with zero attached hydrogens (tertiary/aromatic N) is 1. The Hall–Kier alpha value is -1.62. The van der Waals surface area contributed by atoms with Crippen molar-refractivity contribution in [3.05, 3.63) is 24.3 Å². The molecule has 1 aliphatic heterocycles. The minimum absolute atomic E-state index is 0.118. The minimum Gasteiger partial charge on any atom is -0.468 e. The van der Waals surface area contributed by atoms with E-state index in [-0.39, 0.29) is 28.6 Å². The van der Waals surface area contributed by atoms with Gasteiger partial charge in [-0.05, 0) is 18.2 Å². The summed E-state index contributed by atoms with van der Waals surface area (Å²) in [7, 11) is 0.709. The van der Waals surface area contributed by atoms with Crippen molar-refractivity contribution in [2.75, 3.05) is 51.9 Å². The van der Waals surface area contributed by atoms with Crippen molar-refractivity contribution in [1.29, 1.82) is 0 Å². The first-order chi connectivity index (χ1) is 12.2. The van der Waals surface area contributed by atoms with Crippen LogP contribution in [0.1, 0.15) is 0 Å². The fourth-order valence-electron chi connectivity index (χ4n) is 2.59. The Morgan fingerprint density at radius 1 is 1.38 bits per heavy atom. The zero-order valence-electron chi connectivity index (χ0n) is 15.0. The van der Waals surface area contributed by atoms with Crippen molar-refractivity contribution in [1.82, 2.24) is 4.31 Å². The number of benzene rings is 1. The maximum Gasteiger partial charge on any atom is 0.324 e. The fourth-order valence-corrected chi connectivity index (χ4v) is 4.81. The third kappa shape index (κ3) is 5.19. The summed E-state index contributed by atoms with van der Waals surface area (Å²) in [6.07, 6.45) is 0. The highest BCUT2D eigenvalue weighted by atomic mass is 32.2. The number of rotatable bonds is 6. The van der Waals surface area contributed by atoms with Gasteiger partial charge in [-0.1, -0.05) is 6.07 Å². The molecule has 1 aliphatic rings. The van der Waals surface area contributed by atoms with Crippen LogP contribution in [0.2, 0.25) is 0 Å². The van der Waals surface area contributed by atoms with Gasteiger partial charge in [0, 0.05) is 25.5 Å². The number of carbonyl (C=O) groups excluding carboxylic acids is 2. The monoisotopic (exact) mass is 402 g/mol. The molecule has 1 saturated heterocycles. The highest BCUT2D eigenvalue weighted by molar-refractivity contribution is 8.00. The predicted octanol–water partition coefficient (Wildman–Crippen LogP) is -0.951. The Kier molecular flexibility index (Phi) is 7.04. The van der Waals surface area contributed by atoms with Crippen LogP contribution in [0.5, 0.6) is 0 Å². The molecule has 26 heavy (non-hydrogen) atoms. The molecule has 2 rings (SSSR count). The zero-order valence-corrected chi connectivity index (χ0v) is 16.7. The molecule has 0 bridgehead atoms. The average molecular weight is 403 g/mol. The molecule has 2 N–H and O–H groups in total. The Morgan fingerprint density at radius 3 is 2.77 bits per heavy atom. The molecule has 0 radical (unpaired) electrons. The summed E-state index contributed by atoms with van der Waals surface area (Å²) in [5.41, 5.74) is 0.424. The first kappa shape index (κ1) is 20.7. The van der Waals surface area contributed by atoms with Gasteiger partial charge in [0.1, 0.15) is 6.54 Å². The highest BCUT2D eigenvalue weighted by Gasteiger charge is 2.31. The maximum atomic E-state index is 12.3. The lowest BCUT2D eigenvalue weighted by molar-refractivity contribution is -0.889. The number of hydrogen-bond donors (Lipinski definition) is 2. The largest absolute Gasteiger partial charge is 0.468 e. The van der Waals surface area contributed by atoms with Crippen LogP contribution in [0.3, 0.4) is 0 Å². The van der Waals surface area contributed by atoms with Gasteiger partial charge >= 0.3 is 5.97 Å². The van der Waals surface area contributed by atoms with E-state index in [1.165, 1.54) is 45.1 Å². The van der Waals surface area contributed by atoms with Crippen LogP contribution in [0.15, 0.2) is 29.2 Å². The van der Waals surface area contributed by atoms with Crippen LogP contribution in [0.25, 0.3) is 0 Å². The molecule has 144 valence electrons. The molecule has 10 heteroatoms. The van der Waals surface area contributed by atoms with Gasteiger partial charge in [0.2, 0.25) is 10.0 Å². The van der Waals surface area contributed by atoms with E-state index in [2.05, 4.69) is 5.32 Å². The van der Waals surface area contributed by atoms with Gasteiger partial charge in [0.25, 0.3) is 5.91 Å². The lowest BCUT2D eigenvalue weighted by Gasteiger charge is -2.27. The first-order valence-electron chi connectivity index (χ1n) is 8.09. The van der Waals surface area contributed by atoms with Crippen LogP contribution in [-0.4, -0.2) is 76.4 Å². The number of amides is 1. The SMILES string of the molecule is COC(=O)[C@@H]1C[NH+](CC(=O)Nc2cccc(S(=O)(=O)N(C)C)c2)CCS1. The van der Waals surface area contributed by atoms with E-state index in [0.29, 0.717) is 12.2 Å². The van der Waals surface area contributed by atoms with Crippen LogP contribution in [0, 0.1) is 0 Å². The third-order valence-electron chi connectivity index (χ3n) is 4.02. The number of thioether (sulfide) groups is 1. The molecule has 8 nitrogen and oxygen atoms in total. The van der Waals surface area contributed by atoms with Gasteiger partial charge in [-0.25, -0.2) is 12.7 Å². The van der Waals surface area contributed by atoms with E-state index in [1.54, 1.807) is 12.1 Å². The minimum atomic E-state index is -3.56. The van der Waals surface area contributed by atoms with Crippen LogP contribution in [0.4, 0.5) is 5.69 Å². The molecule has 2 atom stereocenters. The van der Waals surface area contributed by atoms with Crippen LogP contribution in [-0.2, 0) is 24.3 Å². The van der Waals surface area contributed by atoms with Gasteiger partial charge in [0.15, 0.2) is 11.8 Å². The Bertz CT molecular complexity index is 767. The lowest BCUT2D eigenvalue weighted by atomic mass is 10.3. The summed E-state index contributed by atoms with van der Waals surface area (Å²) >= 11 is 1.54. The Balaban J connectivity index is 1.99. The lowest BCUT2D eigenvalue weighted by Crippen LogP contribution is -3.15. The molecular weight excluding hydrogens is 378 g/mol. The summed E-state index contributed by atoms with van der Waals surface area (Å²) < 4.78 is 30.2. The molecular formula is C16H24N3O5S2+. The summed E-state index contributed by atoms with van der Waals surface area (Å²) in [5.74, 6) is 0.281. The van der Waals surface area contributed by atoms with Gasteiger partial charge in [0.05, 0.1) is 18.6 Å².